The van der Waals surface area contributed by atoms with E-state index in [1.165, 1.54) is 25.3 Å². The van der Waals surface area contributed by atoms with Crippen LogP contribution in [0.5, 0.6) is 0 Å². The molecule has 0 fully saturated rings. The highest BCUT2D eigenvalue weighted by molar-refractivity contribution is 7.98. The van der Waals surface area contributed by atoms with Gasteiger partial charge in [0.25, 0.3) is 0 Å². The average Bonchev–Trinajstić information content (AvgIpc) is 2.34. The highest BCUT2D eigenvalue weighted by Crippen LogP contribution is 2.26. The molecule has 1 N–H and O–H groups in total. The van der Waals surface area contributed by atoms with Crippen LogP contribution in [0.15, 0.2) is 12.3 Å². The maximum absolute atomic E-state index is 14.2. The minimum absolute atomic E-state index is 0.0168. The number of halogens is 1. The topological polar surface area (TPSA) is 51.2 Å². The van der Waals surface area contributed by atoms with E-state index in [9.17, 15) is 9.18 Å². The number of methoxy groups -OCH3 is 1. The zero-order valence-corrected chi connectivity index (χ0v) is 12.6. The number of esters is 1. The summed E-state index contributed by atoms with van der Waals surface area (Å²) >= 11 is 1.51. The third-order valence-electron chi connectivity index (χ3n) is 2.31. The first-order valence-corrected chi connectivity index (χ1v) is 6.74. The molecule has 6 heteroatoms. The molecule has 1 heterocycles. The summed E-state index contributed by atoms with van der Waals surface area (Å²) in [5, 5.41) is 0. The maximum atomic E-state index is 14.2. The first-order chi connectivity index (χ1) is 8.76. The largest absolute Gasteiger partial charge is 0.464 e. The third kappa shape index (κ3) is 4.47. The second-order valence-electron chi connectivity index (χ2n) is 5.11. The van der Waals surface area contributed by atoms with Crippen molar-refractivity contribution >= 4 is 17.9 Å². The fourth-order valence-electron chi connectivity index (χ4n) is 1.36. The van der Waals surface area contributed by atoms with Gasteiger partial charge < -0.3 is 4.74 Å². The Labute approximate surface area is 117 Å². The smallest absolute Gasteiger partial charge is 0.359 e. The van der Waals surface area contributed by atoms with Crippen molar-refractivity contribution in [3.8, 4) is 0 Å². The van der Waals surface area contributed by atoms with Crippen LogP contribution in [0.4, 0.5) is 4.39 Å². The Morgan fingerprint density at radius 2 is 2.16 bits per heavy atom. The lowest BCUT2D eigenvalue weighted by Crippen LogP contribution is -2.21. The normalized spacial score (nSPS) is 13.2. The molecule has 4 nitrogen and oxygen atoms in total. The van der Waals surface area contributed by atoms with Gasteiger partial charge in [-0.3, -0.25) is 4.72 Å². The molecule has 0 unspecified atom stereocenters. The second-order valence-corrected chi connectivity index (χ2v) is 6.77. The molecule has 19 heavy (non-hydrogen) atoms. The SMILES string of the molecule is COC(=O)c1nccc([C@@H](C)NSC(C)(C)C)c1F. The predicted molar refractivity (Wildman–Crippen MR) is 74.4 cm³/mol. The van der Waals surface area contributed by atoms with Gasteiger partial charge in [-0.15, -0.1) is 0 Å². The van der Waals surface area contributed by atoms with Gasteiger partial charge in [-0.25, -0.2) is 14.2 Å². The fourth-order valence-corrected chi connectivity index (χ4v) is 2.02. The lowest BCUT2D eigenvalue weighted by atomic mass is 10.1. The van der Waals surface area contributed by atoms with Crippen LogP contribution in [-0.4, -0.2) is 22.8 Å². The van der Waals surface area contributed by atoms with E-state index in [4.69, 9.17) is 0 Å². The lowest BCUT2D eigenvalue weighted by molar-refractivity contribution is 0.0588. The zero-order chi connectivity index (χ0) is 14.6. The summed E-state index contributed by atoms with van der Waals surface area (Å²) in [5.41, 5.74) is 0.113. The van der Waals surface area contributed by atoms with Gasteiger partial charge >= 0.3 is 5.97 Å². The van der Waals surface area contributed by atoms with Crippen molar-refractivity contribution in [1.29, 1.82) is 0 Å². The highest BCUT2D eigenvalue weighted by Gasteiger charge is 2.21. The van der Waals surface area contributed by atoms with E-state index < -0.39 is 11.8 Å². The molecule has 0 aliphatic carbocycles. The average molecular weight is 286 g/mol. The van der Waals surface area contributed by atoms with E-state index in [1.54, 1.807) is 6.07 Å². The van der Waals surface area contributed by atoms with Gasteiger partial charge in [-0.1, -0.05) is 11.9 Å². The van der Waals surface area contributed by atoms with Crippen molar-refractivity contribution in [2.24, 2.45) is 0 Å². The van der Waals surface area contributed by atoms with Gasteiger partial charge in [0, 0.05) is 22.5 Å². The molecular formula is C13H19FN2O2S. The van der Waals surface area contributed by atoms with Crippen molar-refractivity contribution in [2.75, 3.05) is 7.11 Å². The Hall–Kier alpha value is -1.14. The fraction of sp³-hybridized carbons (Fsp3) is 0.538. The van der Waals surface area contributed by atoms with Crippen LogP contribution in [0.3, 0.4) is 0 Å². The van der Waals surface area contributed by atoms with Gasteiger partial charge in [-0.05, 0) is 33.8 Å². The predicted octanol–water partition coefficient (Wildman–Crippen LogP) is 3.10. The Balaban J connectivity index is 2.92. The van der Waals surface area contributed by atoms with Gasteiger partial charge in [0.1, 0.15) is 0 Å². The second kappa shape index (κ2) is 6.34. The van der Waals surface area contributed by atoms with E-state index in [0.717, 1.165) is 0 Å². The van der Waals surface area contributed by atoms with Gasteiger partial charge in [0.15, 0.2) is 11.5 Å². The minimum Gasteiger partial charge on any atom is -0.464 e. The number of aromatic nitrogens is 1. The number of rotatable bonds is 4. The van der Waals surface area contributed by atoms with Crippen LogP contribution >= 0.6 is 11.9 Å². The molecule has 1 aromatic heterocycles. The number of carbonyl (C=O) groups excluding carboxylic acids is 1. The molecular weight excluding hydrogens is 267 g/mol. The Morgan fingerprint density at radius 1 is 1.53 bits per heavy atom. The van der Waals surface area contributed by atoms with Crippen LogP contribution in [0.25, 0.3) is 0 Å². The van der Waals surface area contributed by atoms with Crippen molar-refractivity contribution in [3.05, 3.63) is 29.3 Å². The molecule has 0 saturated heterocycles. The van der Waals surface area contributed by atoms with Gasteiger partial charge in [0.05, 0.1) is 7.11 Å². The first-order valence-electron chi connectivity index (χ1n) is 5.92. The molecule has 0 bridgehead atoms. The van der Waals surface area contributed by atoms with Crippen molar-refractivity contribution in [3.63, 3.8) is 0 Å². The van der Waals surface area contributed by atoms with Crippen LogP contribution in [0.1, 0.15) is 49.8 Å². The number of hydrogen-bond donors (Lipinski definition) is 1. The summed E-state index contributed by atoms with van der Waals surface area (Å²) in [6.45, 7) is 8.00. The van der Waals surface area contributed by atoms with E-state index >= 15 is 0 Å². The molecule has 0 saturated carbocycles. The van der Waals surface area contributed by atoms with E-state index in [0.29, 0.717) is 5.56 Å². The third-order valence-corrected chi connectivity index (χ3v) is 3.39. The monoisotopic (exact) mass is 286 g/mol. The van der Waals surface area contributed by atoms with Gasteiger partial charge in [0.2, 0.25) is 0 Å². The maximum Gasteiger partial charge on any atom is 0.359 e. The molecule has 1 atom stereocenters. The van der Waals surface area contributed by atoms with E-state index in [-0.39, 0.29) is 16.5 Å². The molecule has 1 rings (SSSR count). The Bertz CT molecular complexity index is 460. The quantitative estimate of drug-likeness (QED) is 0.681. The lowest BCUT2D eigenvalue weighted by Gasteiger charge is -2.22. The number of hydrogen-bond acceptors (Lipinski definition) is 5. The molecule has 0 spiro atoms. The molecule has 106 valence electrons. The molecule has 0 aromatic carbocycles. The van der Waals surface area contributed by atoms with E-state index in [1.807, 2.05) is 6.92 Å². The van der Waals surface area contributed by atoms with Crippen molar-refractivity contribution in [2.45, 2.75) is 38.5 Å². The Morgan fingerprint density at radius 3 is 2.68 bits per heavy atom. The number of pyridine rings is 1. The molecule has 0 radical (unpaired) electrons. The molecule has 1 aromatic rings. The Kier molecular flexibility index (Phi) is 5.31. The standard InChI is InChI=1S/C13H19FN2O2S/c1-8(16-19-13(2,3)4)9-6-7-15-11(10(9)14)12(17)18-5/h6-8,16H,1-5H3/t8-/m1/s1. The summed E-state index contributed by atoms with van der Waals surface area (Å²) < 4.78 is 21.8. The van der Waals surface area contributed by atoms with Crippen molar-refractivity contribution < 1.29 is 13.9 Å². The summed E-state index contributed by atoms with van der Waals surface area (Å²) in [4.78, 5) is 15.1. The highest BCUT2D eigenvalue weighted by atomic mass is 32.2. The summed E-state index contributed by atoms with van der Waals surface area (Å²) in [5.74, 6) is -1.40. The zero-order valence-electron chi connectivity index (χ0n) is 11.8. The van der Waals surface area contributed by atoms with Crippen LogP contribution < -0.4 is 4.72 Å². The van der Waals surface area contributed by atoms with Crippen LogP contribution in [0.2, 0.25) is 0 Å². The van der Waals surface area contributed by atoms with E-state index in [2.05, 4.69) is 35.2 Å². The molecule has 0 amide bonds. The number of carbonyl (C=O) groups is 1. The number of nitrogens with one attached hydrogen (secondary N) is 1. The van der Waals surface area contributed by atoms with Crippen molar-refractivity contribution in [1.82, 2.24) is 9.71 Å². The van der Waals surface area contributed by atoms with Crippen LogP contribution in [0, 0.1) is 5.82 Å². The van der Waals surface area contributed by atoms with Crippen LogP contribution in [-0.2, 0) is 4.74 Å². The molecule has 0 aliphatic heterocycles. The summed E-state index contributed by atoms with van der Waals surface area (Å²) in [6.07, 6.45) is 1.41. The van der Waals surface area contributed by atoms with Gasteiger partial charge in [-0.2, -0.15) is 0 Å². The minimum atomic E-state index is -0.768. The number of nitrogens with zero attached hydrogens (tertiary/aromatic N) is 1. The first kappa shape index (κ1) is 15.9. The number of ether oxygens (including phenoxy) is 1. The summed E-state index contributed by atoms with van der Waals surface area (Å²) in [6, 6.07) is 1.32. The molecule has 0 aliphatic rings. The summed E-state index contributed by atoms with van der Waals surface area (Å²) in [7, 11) is 1.20.